The number of carbonyl (C=O) groups excluding carboxylic acids is 3. The Kier molecular flexibility index (Phi) is 8.41. The van der Waals surface area contributed by atoms with E-state index >= 15 is 4.39 Å². The van der Waals surface area contributed by atoms with Crippen molar-refractivity contribution >= 4 is 23.4 Å². The SMILES string of the molecule is COc1cc(N2CCC(C(O)c3ccc(COc4cccc5c4CN([C@H]4CCC(=O)NC4=O)C5=O)c(F)c3)CC2)ccc1C#N. The fourth-order valence-electron chi connectivity index (χ4n) is 6.43. The van der Waals surface area contributed by atoms with E-state index in [-0.39, 0.29) is 43.7 Å². The van der Waals surface area contributed by atoms with Gasteiger partial charge in [0.2, 0.25) is 11.8 Å². The third-order valence-electron chi connectivity index (χ3n) is 9.00. The maximum atomic E-state index is 15.2. The second-order valence-electron chi connectivity index (χ2n) is 11.6. The van der Waals surface area contributed by atoms with Gasteiger partial charge in [0.1, 0.15) is 36.0 Å². The quantitative estimate of drug-likeness (QED) is 0.365. The van der Waals surface area contributed by atoms with Crippen molar-refractivity contribution in [3.63, 3.8) is 0 Å². The molecule has 232 valence electrons. The molecular weight excluding hydrogens is 579 g/mol. The van der Waals surface area contributed by atoms with Crippen molar-refractivity contribution in [2.24, 2.45) is 5.92 Å². The lowest BCUT2D eigenvalue weighted by Crippen LogP contribution is -2.52. The van der Waals surface area contributed by atoms with Crippen molar-refractivity contribution in [3.05, 3.63) is 88.2 Å². The number of amides is 3. The molecule has 0 spiro atoms. The smallest absolute Gasteiger partial charge is 0.255 e. The molecule has 10 nitrogen and oxygen atoms in total. The van der Waals surface area contributed by atoms with Gasteiger partial charge in [-0.15, -0.1) is 0 Å². The van der Waals surface area contributed by atoms with E-state index in [4.69, 9.17) is 9.47 Å². The van der Waals surface area contributed by atoms with Crippen LogP contribution in [-0.4, -0.2) is 54.0 Å². The van der Waals surface area contributed by atoms with Crippen LogP contribution in [0.4, 0.5) is 10.1 Å². The number of aliphatic hydroxyl groups excluding tert-OH is 1. The predicted octanol–water partition coefficient (Wildman–Crippen LogP) is 4.00. The summed E-state index contributed by atoms with van der Waals surface area (Å²) < 4.78 is 26.6. The van der Waals surface area contributed by atoms with E-state index in [0.29, 0.717) is 65.2 Å². The maximum Gasteiger partial charge on any atom is 0.255 e. The van der Waals surface area contributed by atoms with Gasteiger partial charge in [0, 0.05) is 48.0 Å². The molecule has 3 aliphatic rings. The van der Waals surface area contributed by atoms with Crippen LogP contribution in [0.3, 0.4) is 0 Å². The highest BCUT2D eigenvalue weighted by molar-refractivity contribution is 6.05. The summed E-state index contributed by atoms with van der Waals surface area (Å²) in [7, 11) is 1.54. The van der Waals surface area contributed by atoms with Gasteiger partial charge < -0.3 is 24.4 Å². The van der Waals surface area contributed by atoms with Crippen molar-refractivity contribution in [3.8, 4) is 17.6 Å². The Labute approximate surface area is 260 Å². The molecule has 3 amide bonds. The zero-order valence-electron chi connectivity index (χ0n) is 24.8. The monoisotopic (exact) mass is 612 g/mol. The third-order valence-corrected chi connectivity index (χ3v) is 9.00. The molecule has 3 aromatic rings. The number of nitriles is 1. The number of aliphatic hydroxyl groups is 1. The van der Waals surface area contributed by atoms with Gasteiger partial charge in [0.15, 0.2) is 0 Å². The Morgan fingerprint density at radius 2 is 1.87 bits per heavy atom. The lowest BCUT2D eigenvalue weighted by atomic mass is 9.87. The Bertz CT molecular complexity index is 1700. The normalized spacial score (nSPS) is 19.2. The number of hydrogen-bond donors (Lipinski definition) is 2. The Hall–Kier alpha value is -4.95. The lowest BCUT2D eigenvalue weighted by molar-refractivity contribution is -0.136. The van der Waals surface area contributed by atoms with Gasteiger partial charge in [0.25, 0.3) is 5.91 Å². The highest BCUT2D eigenvalue weighted by Crippen LogP contribution is 2.36. The van der Waals surface area contributed by atoms with Crippen LogP contribution in [0.2, 0.25) is 0 Å². The topological polar surface area (TPSA) is 132 Å². The van der Waals surface area contributed by atoms with Crippen LogP contribution in [0.15, 0.2) is 54.6 Å². The molecule has 3 aromatic carbocycles. The number of benzene rings is 3. The third kappa shape index (κ3) is 5.93. The van der Waals surface area contributed by atoms with Crippen LogP contribution in [0, 0.1) is 23.1 Å². The molecule has 0 aromatic heterocycles. The van der Waals surface area contributed by atoms with Crippen LogP contribution in [0.25, 0.3) is 0 Å². The number of piperidine rings is 2. The van der Waals surface area contributed by atoms with E-state index < -0.39 is 23.9 Å². The Balaban J connectivity index is 1.07. The predicted molar refractivity (Wildman–Crippen MR) is 161 cm³/mol. The van der Waals surface area contributed by atoms with Gasteiger partial charge >= 0.3 is 0 Å². The number of nitrogens with one attached hydrogen (secondary N) is 1. The van der Waals surface area contributed by atoms with E-state index in [1.807, 2.05) is 12.1 Å². The van der Waals surface area contributed by atoms with E-state index in [1.54, 1.807) is 36.4 Å². The molecule has 1 unspecified atom stereocenters. The van der Waals surface area contributed by atoms with Gasteiger partial charge in [-0.25, -0.2) is 4.39 Å². The number of fused-ring (bicyclic) bond motifs is 1. The Morgan fingerprint density at radius 3 is 2.58 bits per heavy atom. The van der Waals surface area contributed by atoms with Crippen LogP contribution < -0.4 is 19.7 Å². The molecule has 0 bridgehead atoms. The molecule has 2 atom stereocenters. The number of carbonyl (C=O) groups is 3. The van der Waals surface area contributed by atoms with Crippen LogP contribution >= 0.6 is 0 Å². The number of hydrogen-bond acceptors (Lipinski definition) is 8. The summed E-state index contributed by atoms with van der Waals surface area (Å²) in [4.78, 5) is 40.6. The van der Waals surface area contributed by atoms with Crippen molar-refractivity contribution in [2.75, 3.05) is 25.1 Å². The zero-order valence-corrected chi connectivity index (χ0v) is 24.8. The molecule has 2 fully saturated rings. The summed E-state index contributed by atoms with van der Waals surface area (Å²) in [5.41, 5.74) is 3.26. The summed E-state index contributed by atoms with van der Waals surface area (Å²) in [6.07, 6.45) is 1.02. The van der Waals surface area contributed by atoms with Crippen molar-refractivity contribution < 1.29 is 33.4 Å². The van der Waals surface area contributed by atoms with E-state index in [2.05, 4.69) is 16.3 Å². The molecule has 45 heavy (non-hydrogen) atoms. The Morgan fingerprint density at radius 1 is 1.07 bits per heavy atom. The summed E-state index contributed by atoms with van der Waals surface area (Å²) in [6, 6.07) is 16.6. The number of imide groups is 1. The van der Waals surface area contributed by atoms with E-state index in [1.165, 1.54) is 18.1 Å². The van der Waals surface area contributed by atoms with Gasteiger partial charge in [-0.2, -0.15) is 5.26 Å². The molecule has 3 aliphatic heterocycles. The average molecular weight is 613 g/mol. The number of anilines is 1. The number of ether oxygens (including phenoxy) is 2. The van der Waals surface area contributed by atoms with Gasteiger partial charge in [-0.05, 0) is 61.1 Å². The zero-order chi connectivity index (χ0) is 31.7. The number of methoxy groups -OCH3 is 1. The number of nitrogens with zero attached hydrogens (tertiary/aromatic N) is 3. The second-order valence-corrected chi connectivity index (χ2v) is 11.6. The van der Waals surface area contributed by atoms with Gasteiger partial charge in [0.05, 0.1) is 25.3 Å². The second kappa shape index (κ2) is 12.6. The fourth-order valence-corrected chi connectivity index (χ4v) is 6.43. The minimum Gasteiger partial charge on any atom is -0.495 e. The minimum atomic E-state index is -0.825. The first kappa shape index (κ1) is 30.1. The van der Waals surface area contributed by atoms with Crippen LogP contribution in [0.5, 0.6) is 11.5 Å². The molecule has 0 radical (unpaired) electrons. The van der Waals surface area contributed by atoms with Crippen LogP contribution in [-0.2, 0) is 22.7 Å². The largest absolute Gasteiger partial charge is 0.495 e. The van der Waals surface area contributed by atoms with E-state index in [9.17, 15) is 24.8 Å². The van der Waals surface area contributed by atoms with Crippen molar-refractivity contribution in [1.82, 2.24) is 10.2 Å². The molecule has 11 heteroatoms. The highest BCUT2D eigenvalue weighted by atomic mass is 19.1. The maximum absolute atomic E-state index is 15.2. The molecule has 2 saturated heterocycles. The summed E-state index contributed by atoms with van der Waals surface area (Å²) >= 11 is 0. The first-order chi connectivity index (χ1) is 21.8. The minimum absolute atomic E-state index is 0.0419. The van der Waals surface area contributed by atoms with Crippen LogP contribution in [0.1, 0.15) is 64.4 Å². The van der Waals surface area contributed by atoms with Crippen molar-refractivity contribution in [1.29, 1.82) is 5.26 Å². The number of halogens is 1. The fraction of sp³-hybridized carbons (Fsp3) is 0.353. The van der Waals surface area contributed by atoms with E-state index in [0.717, 1.165) is 5.69 Å². The standard InChI is InChI=1S/C34H33FN4O6/c1-44-30-16-24(8-7-22(30)17-36)38-13-11-20(12-14-38)32(41)21-5-6-23(27(35)15-21)19-45-29-4-2-3-25-26(29)18-39(34(25)43)28-9-10-31(40)37-33(28)42/h2-8,15-16,20,28,32,41H,9-14,18-19H2,1H3,(H,37,40,42)/t28-,32?/m0/s1. The van der Waals surface area contributed by atoms with Crippen molar-refractivity contribution in [2.45, 2.75) is 51.0 Å². The van der Waals surface area contributed by atoms with Gasteiger partial charge in [-0.3, -0.25) is 19.7 Å². The molecule has 0 aliphatic carbocycles. The summed E-state index contributed by atoms with van der Waals surface area (Å²) in [5.74, 6) is -0.741. The molecule has 6 rings (SSSR count). The average Bonchev–Trinajstić information content (AvgIpc) is 3.39. The first-order valence-corrected chi connectivity index (χ1v) is 15.0. The van der Waals surface area contributed by atoms with Gasteiger partial charge in [-0.1, -0.05) is 18.2 Å². The summed E-state index contributed by atoms with van der Waals surface area (Å²) in [5, 5.41) is 22.7. The molecular formula is C34H33FN4O6. The first-order valence-electron chi connectivity index (χ1n) is 15.0. The molecule has 2 N–H and O–H groups in total. The summed E-state index contributed by atoms with van der Waals surface area (Å²) in [6.45, 7) is 1.48. The molecule has 3 heterocycles. The molecule has 0 saturated carbocycles. The number of rotatable bonds is 8. The lowest BCUT2D eigenvalue weighted by Gasteiger charge is -2.36. The highest BCUT2D eigenvalue weighted by Gasteiger charge is 2.40.